The largest absolute Gasteiger partial charge is 0.482 e. The van der Waals surface area contributed by atoms with E-state index in [9.17, 15) is 5.26 Å². The highest BCUT2D eigenvalue weighted by Gasteiger charge is 2.20. The van der Waals surface area contributed by atoms with Crippen LogP contribution in [-0.2, 0) is 4.74 Å². The van der Waals surface area contributed by atoms with Crippen LogP contribution in [0.1, 0.15) is 17.5 Å². The summed E-state index contributed by atoms with van der Waals surface area (Å²) >= 11 is 12.3. The first kappa shape index (κ1) is 18.5. The van der Waals surface area contributed by atoms with Crippen LogP contribution in [0.25, 0.3) is 11.6 Å². The lowest BCUT2D eigenvalue weighted by Crippen LogP contribution is -2.16. The van der Waals surface area contributed by atoms with Gasteiger partial charge >= 0.3 is 0 Å². The number of ether oxygens (including phenoxy) is 3. The van der Waals surface area contributed by atoms with Gasteiger partial charge in [0.2, 0.25) is 0 Å². The van der Waals surface area contributed by atoms with Crippen molar-refractivity contribution in [2.75, 3.05) is 20.3 Å². The molecule has 2 aromatic heterocycles. The van der Waals surface area contributed by atoms with E-state index < -0.39 is 0 Å². The van der Waals surface area contributed by atoms with E-state index >= 15 is 0 Å². The maximum atomic E-state index is 9.58. The second kappa shape index (κ2) is 8.37. The zero-order valence-corrected chi connectivity index (χ0v) is 15.4. The van der Waals surface area contributed by atoms with Crippen molar-refractivity contribution in [3.8, 4) is 17.7 Å². The highest BCUT2D eigenvalue weighted by molar-refractivity contribution is 6.37. The fourth-order valence-electron chi connectivity index (χ4n) is 2.49. The molecule has 8 heteroatoms. The van der Waals surface area contributed by atoms with Crippen LogP contribution in [0.5, 0.6) is 11.6 Å². The molecule has 2 aromatic rings. The van der Waals surface area contributed by atoms with Crippen molar-refractivity contribution in [3.63, 3.8) is 0 Å². The Labute approximate surface area is 160 Å². The Hall–Kier alpha value is -2.33. The molecule has 1 fully saturated rings. The van der Waals surface area contributed by atoms with Gasteiger partial charge in [-0.2, -0.15) is 5.26 Å². The number of halogens is 2. The Morgan fingerprint density at radius 3 is 2.73 bits per heavy atom. The van der Waals surface area contributed by atoms with Crippen LogP contribution in [0.15, 0.2) is 24.7 Å². The molecule has 0 N–H and O–H groups in total. The molecule has 1 saturated heterocycles. The van der Waals surface area contributed by atoms with E-state index in [2.05, 4.69) is 16.0 Å². The average molecular weight is 392 g/mol. The SMILES string of the molecule is COc1ncc(/C(C#N)=C/c2c(Cl)cncc2Cl)cc1OC1CCOC1. The number of hydrogen-bond acceptors (Lipinski definition) is 6. The third kappa shape index (κ3) is 4.07. The van der Waals surface area contributed by atoms with Crippen molar-refractivity contribution in [2.24, 2.45) is 0 Å². The van der Waals surface area contributed by atoms with Gasteiger partial charge in [-0.3, -0.25) is 4.98 Å². The molecule has 0 radical (unpaired) electrons. The first-order valence-corrected chi connectivity index (χ1v) is 8.57. The summed E-state index contributed by atoms with van der Waals surface area (Å²) in [5.41, 5.74) is 1.41. The van der Waals surface area contributed by atoms with Crippen LogP contribution in [0.4, 0.5) is 0 Å². The lowest BCUT2D eigenvalue weighted by Gasteiger charge is -2.15. The smallest absolute Gasteiger partial charge is 0.256 e. The molecule has 0 saturated carbocycles. The summed E-state index contributed by atoms with van der Waals surface area (Å²) in [5.74, 6) is 0.798. The molecular formula is C18H15Cl2N3O3. The molecule has 26 heavy (non-hydrogen) atoms. The number of hydrogen-bond donors (Lipinski definition) is 0. The summed E-state index contributed by atoms with van der Waals surface area (Å²) in [6.45, 7) is 1.17. The maximum absolute atomic E-state index is 9.58. The van der Waals surface area contributed by atoms with Gasteiger partial charge in [0.05, 0.1) is 42.0 Å². The number of pyridine rings is 2. The summed E-state index contributed by atoms with van der Waals surface area (Å²) in [6.07, 6.45) is 6.79. The number of rotatable bonds is 5. The van der Waals surface area contributed by atoms with Crippen LogP contribution in [0.3, 0.4) is 0 Å². The fourth-order valence-corrected chi connectivity index (χ4v) is 2.96. The quantitative estimate of drug-likeness (QED) is 0.716. The van der Waals surface area contributed by atoms with E-state index in [-0.39, 0.29) is 6.10 Å². The Bertz CT molecular complexity index is 854. The highest BCUT2D eigenvalue weighted by Crippen LogP contribution is 2.32. The zero-order valence-electron chi connectivity index (χ0n) is 13.9. The number of aromatic nitrogens is 2. The molecule has 0 spiro atoms. The monoisotopic (exact) mass is 391 g/mol. The molecule has 0 amide bonds. The van der Waals surface area contributed by atoms with Gasteiger partial charge in [-0.15, -0.1) is 0 Å². The van der Waals surface area contributed by atoms with Crippen molar-refractivity contribution in [2.45, 2.75) is 12.5 Å². The summed E-state index contributed by atoms with van der Waals surface area (Å²) in [6, 6.07) is 3.85. The number of allylic oxidation sites excluding steroid dienone is 1. The number of nitriles is 1. The van der Waals surface area contributed by atoms with Crippen LogP contribution < -0.4 is 9.47 Å². The summed E-state index contributed by atoms with van der Waals surface area (Å²) in [5, 5.41) is 10.3. The zero-order chi connectivity index (χ0) is 18.5. The van der Waals surface area contributed by atoms with Crippen LogP contribution in [0.2, 0.25) is 10.0 Å². The van der Waals surface area contributed by atoms with Gasteiger partial charge in [0, 0.05) is 36.1 Å². The van der Waals surface area contributed by atoms with Gasteiger partial charge in [0.15, 0.2) is 5.75 Å². The fraction of sp³-hybridized carbons (Fsp3) is 0.278. The van der Waals surface area contributed by atoms with E-state index in [1.54, 1.807) is 12.1 Å². The Morgan fingerprint density at radius 1 is 1.35 bits per heavy atom. The lowest BCUT2D eigenvalue weighted by molar-refractivity contribution is 0.138. The molecule has 3 heterocycles. The van der Waals surface area contributed by atoms with Gasteiger partial charge < -0.3 is 14.2 Å². The third-order valence-corrected chi connectivity index (χ3v) is 4.41. The second-order valence-corrected chi connectivity index (χ2v) is 6.34. The van der Waals surface area contributed by atoms with E-state index in [0.29, 0.717) is 51.6 Å². The Morgan fingerprint density at radius 2 is 2.12 bits per heavy atom. The molecule has 1 aliphatic heterocycles. The van der Waals surface area contributed by atoms with E-state index in [4.69, 9.17) is 37.4 Å². The van der Waals surface area contributed by atoms with Crippen molar-refractivity contribution in [3.05, 3.63) is 45.8 Å². The summed E-state index contributed by atoms with van der Waals surface area (Å²) < 4.78 is 16.5. The lowest BCUT2D eigenvalue weighted by atomic mass is 10.1. The van der Waals surface area contributed by atoms with Gasteiger partial charge in [-0.25, -0.2) is 4.98 Å². The standard InChI is InChI=1S/C18H15Cl2N3O3/c1-24-18-17(26-13-2-3-25-10-13)5-12(7-23-18)11(6-21)4-14-15(19)8-22-9-16(14)20/h4-5,7-9,13H,2-3,10H2,1H3/b11-4+. The molecule has 134 valence electrons. The minimum atomic E-state index is -0.0699. The Kier molecular flexibility index (Phi) is 5.94. The molecule has 0 aromatic carbocycles. The molecule has 3 rings (SSSR count). The van der Waals surface area contributed by atoms with Gasteiger partial charge in [0.1, 0.15) is 6.10 Å². The molecule has 1 atom stereocenters. The predicted octanol–water partition coefficient (Wildman–Crippen LogP) is 4.02. The van der Waals surface area contributed by atoms with Crippen molar-refractivity contribution in [1.82, 2.24) is 9.97 Å². The normalized spacial score (nSPS) is 17.0. The molecule has 0 bridgehead atoms. The van der Waals surface area contributed by atoms with Crippen molar-refractivity contribution < 1.29 is 14.2 Å². The average Bonchev–Trinajstić information content (AvgIpc) is 3.15. The van der Waals surface area contributed by atoms with Crippen LogP contribution in [-0.4, -0.2) is 36.4 Å². The maximum Gasteiger partial charge on any atom is 0.256 e. The molecule has 6 nitrogen and oxygen atoms in total. The first-order chi connectivity index (χ1) is 12.6. The van der Waals surface area contributed by atoms with Gasteiger partial charge in [-0.1, -0.05) is 23.2 Å². The number of methoxy groups -OCH3 is 1. The van der Waals surface area contributed by atoms with Crippen molar-refractivity contribution in [1.29, 1.82) is 5.26 Å². The van der Waals surface area contributed by atoms with E-state index in [0.717, 1.165) is 6.42 Å². The van der Waals surface area contributed by atoms with E-state index in [1.165, 1.54) is 25.7 Å². The van der Waals surface area contributed by atoms with Crippen molar-refractivity contribution >= 4 is 34.9 Å². The molecule has 1 aliphatic rings. The van der Waals surface area contributed by atoms with Gasteiger partial charge in [-0.05, 0) is 12.1 Å². The highest BCUT2D eigenvalue weighted by atomic mass is 35.5. The number of nitrogens with zero attached hydrogens (tertiary/aromatic N) is 3. The second-order valence-electron chi connectivity index (χ2n) is 5.52. The van der Waals surface area contributed by atoms with Crippen LogP contribution >= 0.6 is 23.2 Å². The summed E-state index contributed by atoms with van der Waals surface area (Å²) in [4.78, 5) is 8.14. The van der Waals surface area contributed by atoms with E-state index in [1.807, 2.05) is 0 Å². The minimum absolute atomic E-state index is 0.0699. The molecular weight excluding hydrogens is 377 g/mol. The topological polar surface area (TPSA) is 77.3 Å². The van der Waals surface area contributed by atoms with Gasteiger partial charge in [0.25, 0.3) is 5.88 Å². The minimum Gasteiger partial charge on any atom is -0.482 e. The summed E-state index contributed by atoms with van der Waals surface area (Å²) in [7, 11) is 1.51. The molecule has 0 aliphatic carbocycles. The van der Waals surface area contributed by atoms with Crippen LogP contribution in [0, 0.1) is 11.3 Å². The third-order valence-electron chi connectivity index (χ3n) is 3.80. The first-order valence-electron chi connectivity index (χ1n) is 7.82. The Balaban J connectivity index is 1.98. The molecule has 1 unspecified atom stereocenters. The predicted molar refractivity (Wildman–Crippen MR) is 98.4 cm³/mol.